The largest absolute Gasteiger partial charge is 0.444 e. The average Bonchev–Trinajstić information content (AvgIpc) is 3.36. The summed E-state index contributed by atoms with van der Waals surface area (Å²) < 4.78 is 5.58. The molecule has 0 unspecified atom stereocenters. The van der Waals surface area contributed by atoms with Crippen molar-refractivity contribution < 1.29 is 14.0 Å². The van der Waals surface area contributed by atoms with Crippen molar-refractivity contribution in [1.82, 2.24) is 19.9 Å². The van der Waals surface area contributed by atoms with Crippen molar-refractivity contribution >= 4 is 28.4 Å². The number of carbonyl (C=O) groups is 2. The molecule has 8 heteroatoms. The molecule has 1 fully saturated rings. The fraction of sp³-hybridized carbons (Fsp3) is 0.429. The van der Waals surface area contributed by atoms with Gasteiger partial charge in [0.1, 0.15) is 17.6 Å². The third-order valence-corrected chi connectivity index (χ3v) is 5.35. The Morgan fingerprint density at radius 2 is 2.21 bits per heavy atom. The predicted octanol–water partition coefficient (Wildman–Crippen LogP) is 3.48. The molecule has 1 amide bonds. The van der Waals surface area contributed by atoms with Crippen molar-refractivity contribution in [2.75, 3.05) is 18.4 Å². The molecule has 1 saturated heterocycles. The first-order valence-corrected chi connectivity index (χ1v) is 9.93. The number of piperidine rings is 1. The molecule has 0 radical (unpaired) electrons. The van der Waals surface area contributed by atoms with Crippen LogP contribution in [0.15, 0.2) is 29.1 Å². The van der Waals surface area contributed by atoms with E-state index in [9.17, 15) is 9.59 Å². The summed E-state index contributed by atoms with van der Waals surface area (Å²) in [6, 6.07) is 2.04. The van der Waals surface area contributed by atoms with Crippen molar-refractivity contribution in [3.05, 3.63) is 30.4 Å². The molecular weight excluding hydrogens is 370 g/mol. The van der Waals surface area contributed by atoms with E-state index in [0.29, 0.717) is 30.3 Å². The number of fused-ring (bicyclic) bond motifs is 1. The Hall–Kier alpha value is -3.16. The van der Waals surface area contributed by atoms with Gasteiger partial charge in [-0.25, -0.2) is 9.97 Å². The standard InChI is InChI=1S/C21H25N5O3/c1-4-18(28)26-9-12(2)7-14(10-26)24-19-15-5-6-22-20(15)23-8-16(19)21-25-17(11-29-21)13(3)27/h5-6,8,11-12,14H,4,7,9-10H2,1-3H3,(H2,22,23,24)/t12-,14+/m0/s1. The first kappa shape index (κ1) is 19.2. The fourth-order valence-electron chi connectivity index (χ4n) is 3.97. The zero-order chi connectivity index (χ0) is 20.5. The van der Waals surface area contributed by atoms with E-state index < -0.39 is 0 Å². The number of ketones is 1. The monoisotopic (exact) mass is 395 g/mol. The number of Topliss-reactive ketones (excluding diaryl/α,β-unsaturated/α-hetero) is 1. The highest BCUT2D eigenvalue weighted by Crippen LogP contribution is 2.34. The van der Waals surface area contributed by atoms with Crippen LogP contribution in [0.1, 0.15) is 44.1 Å². The van der Waals surface area contributed by atoms with Crippen LogP contribution in [0.25, 0.3) is 22.5 Å². The molecule has 0 bridgehead atoms. The van der Waals surface area contributed by atoms with Crippen LogP contribution in [0, 0.1) is 5.92 Å². The number of hydrogen-bond acceptors (Lipinski definition) is 6. The summed E-state index contributed by atoms with van der Waals surface area (Å²) in [5, 5.41) is 4.53. The summed E-state index contributed by atoms with van der Waals surface area (Å²) in [5.74, 6) is 0.761. The van der Waals surface area contributed by atoms with Crippen LogP contribution >= 0.6 is 0 Å². The molecule has 29 heavy (non-hydrogen) atoms. The van der Waals surface area contributed by atoms with E-state index in [1.54, 1.807) is 6.20 Å². The molecule has 0 aliphatic carbocycles. The van der Waals surface area contributed by atoms with E-state index in [1.807, 2.05) is 24.1 Å². The van der Waals surface area contributed by atoms with Crippen LogP contribution in [-0.4, -0.2) is 50.7 Å². The molecule has 0 spiro atoms. The summed E-state index contributed by atoms with van der Waals surface area (Å²) in [6.45, 7) is 6.95. The van der Waals surface area contributed by atoms with Gasteiger partial charge in [-0.3, -0.25) is 9.59 Å². The van der Waals surface area contributed by atoms with Gasteiger partial charge in [0, 0.05) is 50.3 Å². The van der Waals surface area contributed by atoms with Gasteiger partial charge < -0.3 is 19.6 Å². The topological polar surface area (TPSA) is 104 Å². The zero-order valence-corrected chi connectivity index (χ0v) is 16.9. The van der Waals surface area contributed by atoms with Crippen LogP contribution in [0.2, 0.25) is 0 Å². The number of amides is 1. The van der Waals surface area contributed by atoms with E-state index in [2.05, 4.69) is 27.2 Å². The highest BCUT2D eigenvalue weighted by molar-refractivity contribution is 5.98. The lowest BCUT2D eigenvalue weighted by atomic mass is 9.95. The highest BCUT2D eigenvalue weighted by Gasteiger charge is 2.28. The van der Waals surface area contributed by atoms with E-state index in [1.165, 1.54) is 13.2 Å². The minimum atomic E-state index is -0.153. The molecular formula is C21H25N5O3. The first-order valence-electron chi connectivity index (χ1n) is 9.93. The maximum absolute atomic E-state index is 12.3. The number of aromatic amines is 1. The highest BCUT2D eigenvalue weighted by atomic mass is 16.3. The lowest BCUT2D eigenvalue weighted by Crippen LogP contribution is -2.48. The van der Waals surface area contributed by atoms with Crippen LogP contribution in [0.3, 0.4) is 0 Å². The number of oxazole rings is 1. The number of likely N-dealkylation sites (tertiary alicyclic amines) is 1. The molecule has 152 valence electrons. The third kappa shape index (κ3) is 3.74. The average molecular weight is 395 g/mol. The van der Waals surface area contributed by atoms with E-state index in [-0.39, 0.29) is 23.4 Å². The van der Waals surface area contributed by atoms with E-state index in [0.717, 1.165) is 29.7 Å². The molecule has 3 aromatic heterocycles. The maximum atomic E-state index is 12.3. The van der Waals surface area contributed by atoms with Crippen molar-refractivity contribution in [3.63, 3.8) is 0 Å². The smallest absolute Gasteiger partial charge is 0.230 e. The maximum Gasteiger partial charge on any atom is 0.230 e. The Labute approximate surface area is 168 Å². The Kier molecular flexibility index (Phi) is 5.08. The van der Waals surface area contributed by atoms with Gasteiger partial charge in [0.2, 0.25) is 11.8 Å². The number of H-pyrrole nitrogens is 1. The second-order valence-corrected chi connectivity index (χ2v) is 7.72. The van der Waals surface area contributed by atoms with Crippen molar-refractivity contribution in [2.45, 2.75) is 39.7 Å². The molecule has 4 heterocycles. The van der Waals surface area contributed by atoms with Crippen molar-refractivity contribution in [2.24, 2.45) is 5.92 Å². The number of hydrogen-bond donors (Lipinski definition) is 2. The van der Waals surface area contributed by atoms with Crippen LogP contribution < -0.4 is 5.32 Å². The van der Waals surface area contributed by atoms with E-state index in [4.69, 9.17) is 4.42 Å². The van der Waals surface area contributed by atoms with Gasteiger partial charge >= 0.3 is 0 Å². The second kappa shape index (κ2) is 7.69. The van der Waals surface area contributed by atoms with Gasteiger partial charge in [-0.2, -0.15) is 0 Å². The number of carbonyl (C=O) groups excluding carboxylic acids is 2. The molecule has 0 saturated carbocycles. The van der Waals surface area contributed by atoms with Crippen molar-refractivity contribution in [3.8, 4) is 11.5 Å². The summed E-state index contributed by atoms with van der Waals surface area (Å²) in [6.07, 6.45) is 6.35. The number of aromatic nitrogens is 3. The molecule has 1 aliphatic heterocycles. The summed E-state index contributed by atoms with van der Waals surface area (Å²) in [4.78, 5) is 37.7. The van der Waals surface area contributed by atoms with Crippen LogP contribution in [0.4, 0.5) is 5.69 Å². The van der Waals surface area contributed by atoms with Gasteiger partial charge in [-0.1, -0.05) is 13.8 Å². The summed E-state index contributed by atoms with van der Waals surface area (Å²) in [7, 11) is 0. The van der Waals surface area contributed by atoms with E-state index >= 15 is 0 Å². The van der Waals surface area contributed by atoms with Gasteiger partial charge in [0.15, 0.2) is 5.78 Å². The number of anilines is 1. The minimum Gasteiger partial charge on any atom is -0.444 e. The predicted molar refractivity (Wildman–Crippen MR) is 110 cm³/mol. The van der Waals surface area contributed by atoms with Crippen LogP contribution in [0.5, 0.6) is 0 Å². The Morgan fingerprint density at radius 3 is 2.93 bits per heavy atom. The minimum absolute atomic E-state index is 0.0933. The summed E-state index contributed by atoms with van der Waals surface area (Å²) in [5.41, 5.74) is 2.57. The SMILES string of the molecule is CCC(=O)N1C[C@@H](C)C[C@@H](Nc2c(-c3nc(C(C)=O)co3)cnc3[nH]ccc23)C1. The van der Waals surface area contributed by atoms with Gasteiger partial charge in [-0.15, -0.1) is 0 Å². The lowest BCUT2D eigenvalue weighted by molar-refractivity contribution is -0.132. The number of nitrogens with zero attached hydrogens (tertiary/aromatic N) is 3. The molecule has 4 rings (SSSR count). The summed E-state index contributed by atoms with van der Waals surface area (Å²) >= 11 is 0. The molecule has 2 atom stereocenters. The van der Waals surface area contributed by atoms with Crippen LogP contribution in [-0.2, 0) is 4.79 Å². The third-order valence-electron chi connectivity index (χ3n) is 5.35. The van der Waals surface area contributed by atoms with Gasteiger partial charge in [-0.05, 0) is 18.4 Å². The molecule has 0 aromatic carbocycles. The normalized spacial score (nSPS) is 19.5. The van der Waals surface area contributed by atoms with Gasteiger partial charge in [0.05, 0.1) is 11.3 Å². The molecule has 1 aliphatic rings. The molecule has 8 nitrogen and oxygen atoms in total. The number of rotatable bonds is 5. The second-order valence-electron chi connectivity index (χ2n) is 7.72. The first-order chi connectivity index (χ1) is 14.0. The molecule has 3 aromatic rings. The number of pyridine rings is 1. The molecule has 2 N–H and O–H groups in total. The van der Waals surface area contributed by atoms with Gasteiger partial charge in [0.25, 0.3) is 0 Å². The number of nitrogens with one attached hydrogen (secondary N) is 2. The zero-order valence-electron chi connectivity index (χ0n) is 16.9. The Bertz CT molecular complexity index is 1050. The Morgan fingerprint density at radius 1 is 1.38 bits per heavy atom. The quantitative estimate of drug-likeness (QED) is 0.641. The Balaban J connectivity index is 1.71. The lowest BCUT2D eigenvalue weighted by Gasteiger charge is -2.37. The fourth-order valence-corrected chi connectivity index (χ4v) is 3.97. The van der Waals surface area contributed by atoms with Crippen molar-refractivity contribution in [1.29, 1.82) is 0 Å².